The van der Waals surface area contributed by atoms with Crippen LogP contribution in [-0.4, -0.2) is 126 Å². The Morgan fingerprint density at radius 3 is 1.46 bits per heavy atom. The molecule has 144 valence electrons. The summed E-state index contributed by atoms with van der Waals surface area (Å²) in [5.41, 5.74) is 0. The third kappa shape index (κ3) is 6.52. The molecular weight excluding hydrogens is 336 g/mol. The van der Waals surface area contributed by atoms with E-state index in [0.29, 0.717) is 0 Å². The van der Waals surface area contributed by atoms with Crippen molar-refractivity contribution in [2.75, 3.05) is 19.8 Å². The summed E-state index contributed by atoms with van der Waals surface area (Å²) in [7, 11) is 0. The van der Waals surface area contributed by atoms with Crippen molar-refractivity contribution < 1.29 is 60.6 Å². The fraction of sp³-hybridized carbons (Fsp3) is 0.917. The van der Waals surface area contributed by atoms with Crippen LogP contribution in [0.2, 0.25) is 0 Å². The lowest BCUT2D eigenvalue weighted by Gasteiger charge is -2.27. The molecule has 0 amide bonds. The minimum Gasteiger partial charge on any atom is -0.461 e. The van der Waals surface area contributed by atoms with E-state index in [4.69, 9.17) is 20.4 Å². The van der Waals surface area contributed by atoms with Crippen molar-refractivity contribution in [3.05, 3.63) is 0 Å². The van der Waals surface area contributed by atoms with E-state index in [2.05, 4.69) is 4.74 Å². The molecule has 8 atom stereocenters. The zero-order valence-electron chi connectivity index (χ0n) is 12.5. The summed E-state index contributed by atoms with van der Waals surface area (Å²) in [6.45, 7) is -2.81. The van der Waals surface area contributed by atoms with Gasteiger partial charge in [-0.05, 0) is 0 Å². The molecule has 0 aromatic carbocycles. The van der Waals surface area contributed by atoms with E-state index in [-0.39, 0.29) is 0 Å². The van der Waals surface area contributed by atoms with Gasteiger partial charge in [0.25, 0.3) is 0 Å². The first kappa shape index (κ1) is 23.1. The lowest BCUT2D eigenvalue weighted by atomic mass is 10.0. The Morgan fingerprint density at radius 2 is 1.04 bits per heavy atom. The summed E-state index contributed by atoms with van der Waals surface area (Å²) in [6.07, 6.45) is -16.0. The van der Waals surface area contributed by atoms with E-state index >= 15 is 0 Å². The second-order valence-corrected chi connectivity index (χ2v) is 5.10. The summed E-state index contributed by atoms with van der Waals surface area (Å²) in [5, 5.41) is 91.9. The molecule has 0 fully saturated rings. The summed E-state index contributed by atoms with van der Waals surface area (Å²) < 4.78 is 4.37. The molecule has 10 N–H and O–H groups in total. The molecule has 12 heteroatoms. The molecule has 0 heterocycles. The first-order valence-corrected chi connectivity index (χ1v) is 6.91. The van der Waals surface area contributed by atoms with E-state index in [1.165, 1.54) is 0 Å². The third-order valence-corrected chi connectivity index (χ3v) is 3.22. The van der Waals surface area contributed by atoms with Gasteiger partial charge in [-0.2, -0.15) is 0 Å². The van der Waals surface area contributed by atoms with E-state index < -0.39 is 74.6 Å². The first-order valence-electron chi connectivity index (χ1n) is 6.91. The number of hydrogen-bond donors (Lipinski definition) is 10. The highest BCUT2D eigenvalue weighted by atomic mass is 16.6. The molecule has 0 saturated carbocycles. The lowest BCUT2D eigenvalue weighted by molar-refractivity contribution is -0.177. The molecule has 0 aliphatic heterocycles. The molecule has 0 aromatic rings. The Bertz CT molecular complexity index is 366. The molecule has 0 saturated heterocycles. The van der Waals surface area contributed by atoms with Gasteiger partial charge >= 0.3 is 5.97 Å². The van der Waals surface area contributed by atoms with Crippen molar-refractivity contribution in [3.8, 4) is 0 Å². The highest BCUT2D eigenvalue weighted by Gasteiger charge is 2.36. The highest BCUT2D eigenvalue weighted by molar-refractivity contribution is 5.75. The van der Waals surface area contributed by atoms with Crippen molar-refractivity contribution in [2.45, 2.75) is 48.8 Å². The molecule has 0 aromatic heterocycles. The normalized spacial score (nSPS) is 21.9. The standard InChI is InChI=1S/C12H24O12/c13-1-4(15)7(18)9(20)6(17)3-24-12(23)11(22)10(21)8(19)5(16)2-14/h4-11,13-22H,1-3H2/t4-,5-,6-,7-,8-,9-,10+,11-/m1/s1. The minimum atomic E-state index is -2.33. The zero-order chi connectivity index (χ0) is 19.0. The number of aliphatic hydroxyl groups excluding tert-OH is 10. The first-order chi connectivity index (χ1) is 11.1. The molecule has 0 rings (SSSR count). The van der Waals surface area contributed by atoms with Gasteiger partial charge in [0.2, 0.25) is 0 Å². The molecule has 12 nitrogen and oxygen atoms in total. The third-order valence-electron chi connectivity index (χ3n) is 3.22. The number of aliphatic hydroxyl groups is 10. The van der Waals surface area contributed by atoms with E-state index in [1.54, 1.807) is 0 Å². The van der Waals surface area contributed by atoms with Crippen LogP contribution in [0.4, 0.5) is 0 Å². The van der Waals surface area contributed by atoms with Crippen molar-refractivity contribution >= 4 is 5.97 Å². The van der Waals surface area contributed by atoms with Gasteiger partial charge in [-0.15, -0.1) is 0 Å². The summed E-state index contributed by atoms with van der Waals surface area (Å²) >= 11 is 0. The Hall–Kier alpha value is -0.930. The Balaban J connectivity index is 4.51. The second kappa shape index (κ2) is 10.8. The SMILES string of the molecule is O=C(OC[C@@H](O)[C@@H](O)[C@H](O)[C@H](O)CO)[C@H](O)[C@@H](O)[C@H](O)[C@H](O)CO. The van der Waals surface area contributed by atoms with Gasteiger partial charge in [-0.3, -0.25) is 0 Å². The summed E-state index contributed by atoms with van der Waals surface area (Å²) in [4.78, 5) is 11.5. The minimum absolute atomic E-state index is 0.902. The van der Waals surface area contributed by atoms with E-state index in [9.17, 15) is 35.4 Å². The fourth-order valence-corrected chi connectivity index (χ4v) is 1.58. The molecular formula is C12H24O12. The van der Waals surface area contributed by atoms with Crippen molar-refractivity contribution in [3.63, 3.8) is 0 Å². The van der Waals surface area contributed by atoms with Crippen molar-refractivity contribution in [1.82, 2.24) is 0 Å². The van der Waals surface area contributed by atoms with Crippen molar-refractivity contribution in [2.24, 2.45) is 0 Å². The molecule has 0 radical (unpaired) electrons. The number of ether oxygens (including phenoxy) is 1. The fourth-order valence-electron chi connectivity index (χ4n) is 1.58. The molecule has 0 aliphatic rings. The zero-order valence-corrected chi connectivity index (χ0v) is 12.5. The van der Waals surface area contributed by atoms with Crippen LogP contribution in [0.1, 0.15) is 0 Å². The van der Waals surface area contributed by atoms with Gasteiger partial charge < -0.3 is 55.8 Å². The van der Waals surface area contributed by atoms with E-state index in [1.807, 2.05) is 0 Å². The van der Waals surface area contributed by atoms with Crippen LogP contribution in [-0.2, 0) is 9.53 Å². The quantitative estimate of drug-likeness (QED) is 0.155. The van der Waals surface area contributed by atoms with Crippen LogP contribution < -0.4 is 0 Å². The Morgan fingerprint density at radius 1 is 0.667 bits per heavy atom. The average Bonchev–Trinajstić information content (AvgIpc) is 2.60. The lowest BCUT2D eigenvalue weighted by Crippen LogP contribution is -2.50. The molecule has 24 heavy (non-hydrogen) atoms. The molecule has 0 bridgehead atoms. The van der Waals surface area contributed by atoms with Crippen LogP contribution >= 0.6 is 0 Å². The van der Waals surface area contributed by atoms with Crippen LogP contribution in [0.3, 0.4) is 0 Å². The number of rotatable bonds is 11. The maximum atomic E-state index is 11.5. The van der Waals surface area contributed by atoms with Crippen LogP contribution in [0.25, 0.3) is 0 Å². The van der Waals surface area contributed by atoms with Gasteiger partial charge in [0.1, 0.15) is 49.3 Å². The van der Waals surface area contributed by atoms with Crippen LogP contribution in [0.5, 0.6) is 0 Å². The largest absolute Gasteiger partial charge is 0.461 e. The number of carbonyl (C=O) groups is 1. The highest BCUT2D eigenvalue weighted by Crippen LogP contribution is 2.09. The Labute approximate surface area is 136 Å². The summed E-state index contributed by atoms with van der Waals surface area (Å²) in [5.74, 6) is -1.53. The molecule has 0 spiro atoms. The van der Waals surface area contributed by atoms with Gasteiger partial charge in [0.05, 0.1) is 13.2 Å². The van der Waals surface area contributed by atoms with Crippen LogP contribution in [0.15, 0.2) is 0 Å². The van der Waals surface area contributed by atoms with Gasteiger partial charge in [-0.25, -0.2) is 4.79 Å². The Kier molecular flexibility index (Phi) is 10.4. The van der Waals surface area contributed by atoms with Gasteiger partial charge in [0.15, 0.2) is 6.10 Å². The predicted octanol–water partition coefficient (Wildman–Crippen LogP) is -6.60. The number of carbonyl (C=O) groups excluding carboxylic acids is 1. The monoisotopic (exact) mass is 360 g/mol. The van der Waals surface area contributed by atoms with Gasteiger partial charge in [-0.1, -0.05) is 0 Å². The number of esters is 1. The van der Waals surface area contributed by atoms with Gasteiger partial charge in [0, 0.05) is 0 Å². The summed E-state index contributed by atoms with van der Waals surface area (Å²) in [6, 6.07) is 0. The number of hydrogen-bond acceptors (Lipinski definition) is 12. The maximum Gasteiger partial charge on any atom is 0.337 e. The van der Waals surface area contributed by atoms with Crippen molar-refractivity contribution in [1.29, 1.82) is 0 Å². The average molecular weight is 360 g/mol. The smallest absolute Gasteiger partial charge is 0.337 e. The molecule has 0 aliphatic carbocycles. The predicted molar refractivity (Wildman–Crippen MR) is 73.2 cm³/mol. The van der Waals surface area contributed by atoms with E-state index in [0.717, 1.165) is 0 Å². The topological polar surface area (TPSA) is 229 Å². The van der Waals surface area contributed by atoms with Crippen LogP contribution in [0, 0.1) is 0 Å². The maximum absolute atomic E-state index is 11.5. The molecule has 0 unspecified atom stereocenters. The second-order valence-electron chi connectivity index (χ2n) is 5.10.